The van der Waals surface area contributed by atoms with Crippen molar-refractivity contribution in [2.24, 2.45) is 10.8 Å². The minimum Gasteiger partial charge on any atom is -0.497 e. The molecule has 5 nitrogen and oxygen atoms in total. The van der Waals surface area contributed by atoms with Gasteiger partial charge in [0.2, 0.25) is 0 Å². The molecule has 0 amide bonds. The average Bonchev–Trinajstić information content (AvgIpc) is 2.64. The van der Waals surface area contributed by atoms with Crippen LogP contribution in [-0.2, 0) is 11.2 Å². The van der Waals surface area contributed by atoms with Crippen molar-refractivity contribution in [2.45, 2.75) is 53.4 Å². The molecule has 0 saturated carbocycles. The van der Waals surface area contributed by atoms with Gasteiger partial charge >= 0.3 is 0 Å². The molecule has 0 radical (unpaired) electrons. The SMILES string of the molecule is COc1cc2c3c(c(C#N)c4c(c3c1)C(=O)CC(C)(C)C4)OC1=C2C(=O)CC(C)(C)C1. The lowest BCUT2D eigenvalue weighted by molar-refractivity contribution is -0.116. The van der Waals surface area contributed by atoms with Crippen molar-refractivity contribution in [3.8, 4) is 17.6 Å². The van der Waals surface area contributed by atoms with Crippen molar-refractivity contribution >= 4 is 27.9 Å². The van der Waals surface area contributed by atoms with Crippen LogP contribution < -0.4 is 9.47 Å². The summed E-state index contributed by atoms with van der Waals surface area (Å²) in [5, 5.41) is 11.5. The highest BCUT2D eigenvalue weighted by molar-refractivity contribution is 6.28. The summed E-state index contributed by atoms with van der Waals surface area (Å²) in [5.41, 5.74) is 2.55. The molecule has 0 unspecified atom stereocenters. The zero-order valence-corrected chi connectivity index (χ0v) is 18.6. The van der Waals surface area contributed by atoms with Crippen LogP contribution in [0.25, 0.3) is 16.3 Å². The molecule has 3 aliphatic rings. The molecule has 1 heterocycles. The summed E-state index contributed by atoms with van der Waals surface area (Å²) < 4.78 is 11.9. The fourth-order valence-corrected chi connectivity index (χ4v) is 5.48. The number of fused-ring (bicyclic) bond motifs is 3. The molecule has 0 fully saturated rings. The Kier molecular flexibility index (Phi) is 3.96. The van der Waals surface area contributed by atoms with E-state index in [1.54, 1.807) is 7.11 Å². The van der Waals surface area contributed by atoms with Gasteiger partial charge in [-0.2, -0.15) is 5.26 Å². The summed E-state index contributed by atoms with van der Waals surface area (Å²) in [7, 11) is 1.58. The Labute approximate surface area is 181 Å². The van der Waals surface area contributed by atoms with Gasteiger partial charge in [0.25, 0.3) is 0 Å². The van der Waals surface area contributed by atoms with Crippen LogP contribution in [0, 0.1) is 22.2 Å². The summed E-state index contributed by atoms with van der Waals surface area (Å²) in [6.07, 6.45) is 2.06. The molecule has 5 rings (SSSR count). The Morgan fingerprint density at radius 2 is 1.68 bits per heavy atom. The first kappa shape index (κ1) is 19.8. The number of methoxy groups -OCH3 is 1. The van der Waals surface area contributed by atoms with Gasteiger partial charge in [-0.05, 0) is 34.9 Å². The lowest BCUT2D eigenvalue weighted by atomic mass is 9.69. The molecule has 0 N–H and O–H groups in total. The minimum atomic E-state index is -0.236. The highest BCUT2D eigenvalue weighted by Crippen LogP contribution is 2.53. The van der Waals surface area contributed by atoms with Gasteiger partial charge in [0.1, 0.15) is 17.6 Å². The third-order valence-electron chi connectivity index (χ3n) is 6.69. The van der Waals surface area contributed by atoms with Gasteiger partial charge in [-0.25, -0.2) is 0 Å². The van der Waals surface area contributed by atoms with E-state index in [-0.39, 0.29) is 22.4 Å². The molecule has 5 heteroatoms. The zero-order valence-electron chi connectivity index (χ0n) is 18.6. The highest BCUT2D eigenvalue weighted by Gasteiger charge is 2.42. The van der Waals surface area contributed by atoms with Crippen LogP contribution in [0.1, 0.15) is 74.0 Å². The predicted octanol–water partition coefficient (Wildman–Crippen LogP) is 5.37. The maximum absolute atomic E-state index is 13.3. The maximum Gasteiger partial charge on any atom is 0.167 e. The van der Waals surface area contributed by atoms with Crippen LogP contribution in [0.5, 0.6) is 11.5 Å². The number of carbonyl (C=O) groups excluding carboxylic acids is 2. The van der Waals surface area contributed by atoms with E-state index in [4.69, 9.17) is 9.47 Å². The molecule has 2 aliphatic carbocycles. The van der Waals surface area contributed by atoms with E-state index in [2.05, 4.69) is 6.07 Å². The fraction of sp³-hybridized carbons (Fsp3) is 0.423. The zero-order chi connectivity index (χ0) is 22.3. The number of allylic oxidation sites excluding steroid dienone is 2. The van der Waals surface area contributed by atoms with Gasteiger partial charge < -0.3 is 9.47 Å². The number of nitrogens with zero attached hydrogens (tertiary/aromatic N) is 1. The number of hydrogen-bond donors (Lipinski definition) is 0. The number of nitriles is 1. The van der Waals surface area contributed by atoms with Crippen molar-refractivity contribution < 1.29 is 19.1 Å². The molecular weight excluding hydrogens is 390 g/mol. The van der Waals surface area contributed by atoms with E-state index in [1.807, 2.05) is 39.8 Å². The molecule has 2 aromatic rings. The summed E-state index contributed by atoms with van der Waals surface area (Å²) in [4.78, 5) is 26.4. The average molecular weight is 415 g/mol. The number of rotatable bonds is 1. The van der Waals surface area contributed by atoms with Crippen LogP contribution >= 0.6 is 0 Å². The number of ketones is 2. The molecular formula is C26H25NO4. The third-order valence-corrected chi connectivity index (χ3v) is 6.69. The molecule has 0 atom stereocenters. The number of ether oxygens (including phenoxy) is 2. The van der Waals surface area contributed by atoms with E-state index in [1.165, 1.54) is 0 Å². The van der Waals surface area contributed by atoms with Gasteiger partial charge in [0, 0.05) is 41.2 Å². The van der Waals surface area contributed by atoms with E-state index < -0.39 is 0 Å². The second-order valence-corrected chi connectivity index (χ2v) is 10.5. The first-order valence-corrected chi connectivity index (χ1v) is 10.6. The topological polar surface area (TPSA) is 76.4 Å². The van der Waals surface area contributed by atoms with Crippen molar-refractivity contribution in [3.63, 3.8) is 0 Å². The molecule has 2 aromatic carbocycles. The van der Waals surface area contributed by atoms with Crippen LogP contribution in [0.15, 0.2) is 17.9 Å². The van der Waals surface area contributed by atoms with Gasteiger partial charge in [-0.15, -0.1) is 0 Å². The molecule has 158 valence electrons. The largest absolute Gasteiger partial charge is 0.497 e. The van der Waals surface area contributed by atoms with Crippen molar-refractivity contribution in [1.82, 2.24) is 0 Å². The Bertz CT molecular complexity index is 1290. The Balaban J connectivity index is 1.93. The molecule has 1 aliphatic heterocycles. The summed E-state index contributed by atoms with van der Waals surface area (Å²) in [6, 6.07) is 6.00. The van der Waals surface area contributed by atoms with Gasteiger partial charge in [0.15, 0.2) is 17.3 Å². The van der Waals surface area contributed by atoms with Gasteiger partial charge in [-0.3, -0.25) is 9.59 Å². The normalized spacial score (nSPS) is 20.6. The Morgan fingerprint density at radius 3 is 2.35 bits per heavy atom. The molecule has 31 heavy (non-hydrogen) atoms. The molecule has 0 bridgehead atoms. The first-order chi connectivity index (χ1) is 14.5. The molecule has 0 aromatic heterocycles. The molecule has 0 saturated heterocycles. The second-order valence-electron chi connectivity index (χ2n) is 10.5. The van der Waals surface area contributed by atoms with E-state index in [0.29, 0.717) is 76.0 Å². The molecule has 0 spiro atoms. The van der Waals surface area contributed by atoms with Crippen LogP contribution in [0.3, 0.4) is 0 Å². The number of Topliss-reactive ketones (excluding diaryl/α,β-unsaturated/α-hetero) is 2. The maximum atomic E-state index is 13.3. The predicted molar refractivity (Wildman–Crippen MR) is 117 cm³/mol. The van der Waals surface area contributed by atoms with Gasteiger partial charge in [0.05, 0.1) is 18.2 Å². The monoisotopic (exact) mass is 415 g/mol. The lowest BCUT2D eigenvalue weighted by Crippen LogP contribution is -2.31. The second kappa shape index (κ2) is 6.20. The Morgan fingerprint density at radius 1 is 1.00 bits per heavy atom. The quantitative estimate of drug-likeness (QED) is 0.626. The number of hydrogen-bond acceptors (Lipinski definition) is 5. The van der Waals surface area contributed by atoms with Crippen molar-refractivity contribution in [1.29, 1.82) is 5.26 Å². The third kappa shape index (κ3) is 2.81. The first-order valence-electron chi connectivity index (χ1n) is 10.6. The lowest BCUT2D eigenvalue weighted by Gasteiger charge is -2.37. The van der Waals surface area contributed by atoms with E-state index in [0.717, 1.165) is 5.56 Å². The van der Waals surface area contributed by atoms with Crippen molar-refractivity contribution in [3.05, 3.63) is 40.1 Å². The summed E-state index contributed by atoms with van der Waals surface area (Å²) >= 11 is 0. The number of carbonyl (C=O) groups is 2. The Hall–Kier alpha value is -3.13. The van der Waals surface area contributed by atoms with Crippen LogP contribution in [0.4, 0.5) is 0 Å². The summed E-state index contributed by atoms with van der Waals surface area (Å²) in [5.74, 6) is 1.72. The standard InChI is InChI=1S/C26H25NO4/c1-25(2)8-16-17(12-27)24-22-14(21(16)18(28)9-25)6-13(30-5)7-15(22)23-19(29)10-26(3,4)11-20(23)31-24/h6-7H,8-11H2,1-5H3. The van der Waals surface area contributed by atoms with Crippen molar-refractivity contribution in [2.75, 3.05) is 7.11 Å². The van der Waals surface area contributed by atoms with E-state index >= 15 is 0 Å². The number of benzene rings is 2. The smallest absolute Gasteiger partial charge is 0.167 e. The minimum absolute atomic E-state index is 0.0179. The summed E-state index contributed by atoms with van der Waals surface area (Å²) in [6.45, 7) is 8.19. The van der Waals surface area contributed by atoms with Crippen LogP contribution in [0.2, 0.25) is 0 Å². The van der Waals surface area contributed by atoms with Crippen LogP contribution in [-0.4, -0.2) is 18.7 Å². The highest BCUT2D eigenvalue weighted by atomic mass is 16.5. The van der Waals surface area contributed by atoms with E-state index in [9.17, 15) is 14.9 Å². The van der Waals surface area contributed by atoms with Gasteiger partial charge in [-0.1, -0.05) is 27.7 Å². The fourth-order valence-electron chi connectivity index (χ4n) is 5.48.